The third-order valence-corrected chi connectivity index (χ3v) is 5.05. The molecular weight excluding hydrogens is 236 g/mol. The van der Waals surface area contributed by atoms with E-state index in [1.165, 1.54) is 51.4 Å². The van der Waals surface area contributed by atoms with Crippen molar-refractivity contribution in [3.8, 4) is 0 Å². The molecule has 0 aromatic heterocycles. The molecule has 2 aliphatic carbocycles. The van der Waals surface area contributed by atoms with Crippen molar-refractivity contribution in [1.29, 1.82) is 0 Å². The third kappa shape index (κ3) is 3.31. The lowest BCUT2D eigenvalue weighted by Gasteiger charge is -2.34. The van der Waals surface area contributed by atoms with Crippen LogP contribution in [0, 0.1) is 5.92 Å². The van der Waals surface area contributed by atoms with Crippen LogP contribution in [0.1, 0.15) is 58.3 Å². The van der Waals surface area contributed by atoms with E-state index >= 15 is 0 Å². The predicted octanol–water partition coefficient (Wildman–Crippen LogP) is 2.65. The third-order valence-electron chi connectivity index (χ3n) is 5.05. The van der Waals surface area contributed by atoms with Gasteiger partial charge in [-0.1, -0.05) is 19.8 Å². The van der Waals surface area contributed by atoms with Gasteiger partial charge in [0.2, 0.25) is 5.91 Å². The summed E-state index contributed by atoms with van der Waals surface area (Å²) in [5.74, 6) is 1.19. The Kier molecular flexibility index (Phi) is 4.11. The van der Waals surface area contributed by atoms with Crippen molar-refractivity contribution in [3.05, 3.63) is 0 Å². The monoisotopic (exact) mass is 264 g/mol. The summed E-state index contributed by atoms with van der Waals surface area (Å²) in [6.07, 6.45) is 10.2. The molecule has 3 nitrogen and oxygen atoms in total. The van der Waals surface area contributed by atoms with Crippen LogP contribution < -0.4 is 0 Å². The van der Waals surface area contributed by atoms with Crippen molar-refractivity contribution in [2.45, 2.75) is 70.4 Å². The van der Waals surface area contributed by atoms with E-state index in [-0.39, 0.29) is 0 Å². The van der Waals surface area contributed by atoms with Crippen LogP contribution in [0.3, 0.4) is 0 Å². The smallest absolute Gasteiger partial charge is 0.237 e. The van der Waals surface area contributed by atoms with E-state index in [4.69, 9.17) is 0 Å². The van der Waals surface area contributed by atoms with Gasteiger partial charge in [0.25, 0.3) is 0 Å². The summed E-state index contributed by atoms with van der Waals surface area (Å²) >= 11 is 0. The summed E-state index contributed by atoms with van der Waals surface area (Å²) in [4.78, 5) is 17.3. The summed E-state index contributed by atoms with van der Waals surface area (Å²) in [7, 11) is 0. The zero-order valence-electron chi connectivity index (χ0n) is 12.3. The minimum absolute atomic E-state index is 0.420. The highest BCUT2D eigenvalue weighted by atomic mass is 16.2. The van der Waals surface area contributed by atoms with Crippen molar-refractivity contribution in [2.24, 2.45) is 5.92 Å². The SMILES string of the molecule is CC1CCCN(CC(=O)N(C2CCCC2)C2CC2)C1. The average molecular weight is 264 g/mol. The fourth-order valence-corrected chi connectivity index (χ4v) is 3.94. The van der Waals surface area contributed by atoms with Gasteiger partial charge in [-0.25, -0.2) is 0 Å². The van der Waals surface area contributed by atoms with Crippen LogP contribution in [0.2, 0.25) is 0 Å². The van der Waals surface area contributed by atoms with E-state index in [1.807, 2.05) is 0 Å². The number of likely N-dealkylation sites (tertiary alicyclic amines) is 1. The molecule has 3 heteroatoms. The number of piperidine rings is 1. The van der Waals surface area contributed by atoms with Crippen LogP contribution in [0.25, 0.3) is 0 Å². The molecule has 2 saturated carbocycles. The number of carbonyl (C=O) groups is 1. The van der Waals surface area contributed by atoms with E-state index in [9.17, 15) is 4.79 Å². The maximum absolute atomic E-state index is 12.7. The largest absolute Gasteiger partial charge is 0.336 e. The average Bonchev–Trinajstić information content (AvgIpc) is 3.04. The minimum Gasteiger partial charge on any atom is -0.336 e. The fraction of sp³-hybridized carbons (Fsp3) is 0.938. The van der Waals surface area contributed by atoms with Gasteiger partial charge in [0.1, 0.15) is 0 Å². The number of nitrogens with zero attached hydrogens (tertiary/aromatic N) is 2. The zero-order valence-corrected chi connectivity index (χ0v) is 12.3. The molecule has 3 aliphatic rings. The molecule has 19 heavy (non-hydrogen) atoms. The van der Waals surface area contributed by atoms with Gasteiger partial charge in [0.15, 0.2) is 0 Å². The molecule has 0 radical (unpaired) electrons. The first-order valence-electron chi connectivity index (χ1n) is 8.27. The molecule has 0 aromatic rings. The summed E-state index contributed by atoms with van der Waals surface area (Å²) in [6.45, 7) is 5.23. The number of hydrogen-bond donors (Lipinski definition) is 0. The Morgan fingerprint density at radius 1 is 1.05 bits per heavy atom. The van der Waals surface area contributed by atoms with Crippen LogP contribution in [-0.2, 0) is 4.79 Å². The minimum atomic E-state index is 0.420. The highest BCUT2D eigenvalue weighted by molar-refractivity contribution is 5.79. The Balaban J connectivity index is 1.57. The summed E-state index contributed by atoms with van der Waals surface area (Å²) in [5.41, 5.74) is 0. The number of carbonyl (C=O) groups excluding carboxylic acids is 1. The molecule has 3 fully saturated rings. The van der Waals surface area contributed by atoms with Crippen molar-refractivity contribution in [1.82, 2.24) is 9.80 Å². The molecule has 0 spiro atoms. The summed E-state index contributed by atoms with van der Waals surface area (Å²) in [5, 5.41) is 0. The molecule has 0 N–H and O–H groups in total. The normalized spacial score (nSPS) is 29.6. The lowest BCUT2D eigenvalue weighted by Crippen LogP contribution is -2.47. The Hall–Kier alpha value is -0.570. The maximum atomic E-state index is 12.7. The van der Waals surface area contributed by atoms with E-state index in [0.717, 1.165) is 19.0 Å². The molecular formula is C16H28N2O. The summed E-state index contributed by atoms with van der Waals surface area (Å²) < 4.78 is 0. The molecule has 1 aliphatic heterocycles. The standard InChI is InChI=1S/C16H28N2O/c1-13-5-4-10-17(11-13)12-16(19)18(15-8-9-15)14-6-2-3-7-14/h13-15H,2-12H2,1H3. The Morgan fingerprint density at radius 2 is 1.74 bits per heavy atom. The Labute approximate surface area is 117 Å². The fourth-order valence-electron chi connectivity index (χ4n) is 3.94. The topological polar surface area (TPSA) is 23.6 Å². The Bertz CT molecular complexity index is 321. The molecule has 1 heterocycles. The van der Waals surface area contributed by atoms with Crippen LogP contribution >= 0.6 is 0 Å². The van der Waals surface area contributed by atoms with Gasteiger partial charge in [-0.15, -0.1) is 0 Å². The second-order valence-corrected chi connectivity index (χ2v) is 6.95. The van der Waals surface area contributed by atoms with Gasteiger partial charge in [-0.05, 0) is 51.0 Å². The molecule has 1 amide bonds. The quantitative estimate of drug-likeness (QED) is 0.779. The molecule has 1 unspecified atom stereocenters. The predicted molar refractivity (Wildman–Crippen MR) is 77.0 cm³/mol. The van der Waals surface area contributed by atoms with Crippen LogP contribution in [0.5, 0.6) is 0 Å². The van der Waals surface area contributed by atoms with Crippen molar-refractivity contribution in [2.75, 3.05) is 19.6 Å². The lowest BCUT2D eigenvalue weighted by atomic mass is 10.0. The molecule has 1 saturated heterocycles. The highest BCUT2D eigenvalue weighted by Crippen LogP contribution is 2.34. The first-order valence-corrected chi connectivity index (χ1v) is 8.27. The molecule has 108 valence electrons. The van der Waals surface area contributed by atoms with Gasteiger partial charge in [0, 0.05) is 18.6 Å². The molecule has 0 bridgehead atoms. The van der Waals surface area contributed by atoms with Gasteiger partial charge >= 0.3 is 0 Å². The van der Waals surface area contributed by atoms with E-state index in [2.05, 4.69) is 16.7 Å². The van der Waals surface area contributed by atoms with Gasteiger partial charge in [-0.3, -0.25) is 9.69 Å². The van der Waals surface area contributed by atoms with Gasteiger partial charge in [0.05, 0.1) is 6.54 Å². The number of hydrogen-bond acceptors (Lipinski definition) is 2. The van der Waals surface area contributed by atoms with Crippen LogP contribution in [-0.4, -0.2) is 47.4 Å². The second kappa shape index (κ2) is 5.82. The lowest BCUT2D eigenvalue weighted by molar-refractivity contribution is -0.135. The first kappa shape index (κ1) is 13.4. The second-order valence-electron chi connectivity index (χ2n) is 6.95. The van der Waals surface area contributed by atoms with E-state index in [0.29, 0.717) is 24.5 Å². The molecule has 0 aromatic carbocycles. The van der Waals surface area contributed by atoms with Gasteiger partial charge < -0.3 is 4.90 Å². The first-order chi connectivity index (χ1) is 9.24. The molecule has 1 atom stereocenters. The Morgan fingerprint density at radius 3 is 2.37 bits per heavy atom. The van der Waals surface area contributed by atoms with Gasteiger partial charge in [-0.2, -0.15) is 0 Å². The van der Waals surface area contributed by atoms with Crippen LogP contribution in [0.4, 0.5) is 0 Å². The zero-order chi connectivity index (χ0) is 13.2. The summed E-state index contributed by atoms with van der Waals surface area (Å²) in [6, 6.07) is 1.17. The molecule has 3 rings (SSSR count). The van der Waals surface area contributed by atoms with Crippen molar-refractivity contribution >= 4 is 5.91 Å². The van der Waals surface area contributed by atoms with Crippen molar-refractivity contribution in [3.63, 3.8) is 0 Å². The maximum Gasteiger partial charge on any atom is 0.237 e. The van der Waals surface area contributed by atoms with E-state index in [1.54, 1.807) is 0 Å². The highest BCUT2D eigenvalue weighted by Gasteiger charge is 2.38. The van der Waals surface area contributed by atoms with Crippen LogP contribution in [0.15, 0.2) is 0 Å². The number of amides is 1. The number of rotatable bonds is 4. The van der Waals surface area contributed by atoms with Crippen molar-refractivity contribution < 1.29 is 4.79 Å². The van der Waals surface area contributed by atoms with E-state index < -0.39 is 0 Å².